The Balaban J connectivity index is 1.25. The predicted octanol–water partition coefficient (Wildman–Crippen LogP) is -0.634. The molecule has 0 fully saturated rings. The summed E-state index contributed by atoms with van der Waals surface area (Å²) in [7, 11) is 0. The Labute approximate surface area is 422 Å². The Morgan fingerprint density at radius 2 is 0.703 bits per heavy atom. The standard InChI is InChI=1S/C50H54N8O16/c1-27(43(65)55-35(21-29-9-5-3-6-10-29)47(69)57-37(49(71)72)23-41(61)62)53-39(59)25-51-45(67)33-17-13-31(14-18-33)32-15-19-34(20-16-32)46(68)52-26-40(60)54-28(2)44(66)56-36(22-30-11-7-4-8-12-30)48(70)58-38(50(73)74)24-42(63)64/h3-20,27-28,35-38H,21-26H2,1-2H3,(H,51,67)(H,52,68)(H,53,59)(H,54,60)(H,55,65)(H,56,66)(H,57,69)(H,58,70)(H,61,62)(H,63,64)(H,71,72)(H,73,74)/t27-,28-,35-,36-,37-,38-/m0/s1. The van der Waals surface area contributed by atoms with Gasteiger partial charge in [0, 0.05) is 24.0 Å². The second-order valence-corrected chi connectivity index (χ2v) is 16.6. The van der Waals surface area contributed by atoms with Crippen molar-refractivity contribution in [2.24, 2.45) is 0 Å². The lowest BCUT2D eigenvalue weighted by Crippen LogP contribution is -2.56. The number of carbonyl (C=O) groups is 12. The van der Waals surface area contributed by atoms with Crippen LogP contribution < -0.4 is 42.5 Å². The molecule has 4 aromatic rings. The van der Waals surface area contributed by atoms with E-state index in [9.17, 15) is 67.7 Å². The Bertz CT molecular complexity index is 2520. The van der Waals surface area contributed by atoms with E-state index in [1.54, 1.807) is 84.9 Å². The third-order valence-corrected chi connectivity index (χ3v) is 10.8. The van der Waals surface area contributed by atoms with Crippen molar-refractivity contribution in [2.75, 3.05) is 13.1 Å². The number of hydrogen-bond donors (Lipinski definition) is 12. The normalized spacial score (nSPS) is 13.1. The van der Waals surface area contributed by atoms with Gasteiger partial charge in [-0.3, -0.25) is 47.9 Å². The fourth-order valence-corrected chi connectivity index (χ4v) is 6.88. The predicted molar refractivity (Wildman–Crippen MR) is 260 cm³/mol. The molecule has 12 N–H and O–H groups in total. The molecule has 390 valence electrons. The largest absolute Gasteiger partial charge is 0.481 e. The SMILES string of the molecule is C[C@H](NC(=O)CNC(=O)c1ccc(-c2ccc(C(=O)NCC(=O)N[C@@H](C)C(=O)N[C@@H](Cc3ccccc3)C(=O)N[C@@H](CC(=O)O)C(=O)O)cc2)cc1)C(=O)N[C@@H](Cc1ccccc1)C(=O)N[C@@H](CC(=O)O)C(=O)O. The van der Waals surface area contributed by atoms with Crippen molar-refractivity contribution in [3.05, 3.63) is 131 Å². The van der Waals surface area contributed by atoms with Crippen LogP contribution in [-0.2, 0) is 60.8 Å². The van der Waals surface area contributed by atoms with Crippen LogP contribution >= 0.6 is 0 Å². The highest BCUT2D eigenvalue weighted by atomic mass is 16.4. The summed E-state index contributed by atoms with van der Waals surface area (Å²) in [4.78, 5) is 149. The van der Waals surface area contributed by atoms with Crippen molar-refractivity contribution in [1.29, 1.82) is 0 Å². The highest BCUT2D eigenvalue weighted by Gasteiger charge is 2.32. The summed E-state index contributed by atoms with van der Waals surface area (Å²) in [5.74, 6) is -12.5. The summed E-state index contributed by atoms with van der Waals surface area (Å²) in [6, 6.07) is 20.4. The fraction of sp³-hybridized carbons (Fsp3) is 0.280. The van der Waals surface area contributed by atoms with Gasteiger partial charge < -0.3 is 63.0 Å². The molecule has 0 aliphatic heterocycles. The van der Waals surface area contributed by atoms with Crippen LogP contribution in [0.4, 0.5) is 0 Å². The number of hydrogen-bond acceptors (Lipinski definition) is 12. The minimum absolute atomic E-state index is 0.0985. The molecule has 0 radical (unpaired) electrons. The number of carbonyl (C=O) groups excluding carboxylic acids is 8. The van der Waals surface area contributed by atoms with Gasteiger partial charge in [0.25, 0.3) is 11.8 Å². The molecule has 6 atom stereocenters. The monoisotopic (exact) mass is 1020 g/mol. The van der Waals surface area contributed by atoms with Gasteiger partial charge in [-0.1, -0.05) is 84.9 Å². The Hall–Kier alpha value is -9.48. The maximum Gasteiger partial charge on any atom is 0.326 e. The van der Waals surface area contributed by atoms with E-state index in [1.807, 2.05) is 0 Å². The van der Waals surface area contributed by atoms with Gasteiger partial charge in [-0.15, -0.1) is 0 Å². The van der Waals surface area contributed by atoms with Crippen LogP contribution in [0.15, 0.2) is 109 Å². The van der Waals surface area contributed by atoms with Crippen LogP contribution in [0, 0.1) is 0 Å². The zero-order valence-corrected chi connectivity index (χ0v) is 39.8. The molecular weight excluding hydrogens is 969 g/mol. The number of aliphatic carboxylic acids is 4. The third-order valence-electron chi connectivity index (χ3n) is 10.8. The Morgan fingerprint density at radius 1 is 0.392 bits per heavy atom. The molecule has 4 aromatic carbocycles. The van der Waals surface area contributed by atoms with E-state index in [-0.39, 0.29) is 24.0 Å². The molecule has 24 nitrogen and oxygen atoms in total. The molecule has 74 heavy (non-hydrogen) atoms. The van der Waals surface area contributed by atoms with Crippen molar-refractivity contribution in [3.63, 3.8) is 0 Å². The van der Waals surface area contributed by atoms with Crippen LogP contribution in [0.1, 0.15) is 58.5 Å². The van der Waals surface area contributed by atoms with Crippen molar-refractivity contribution in [3.8, 4) is 11.1 Å². The van der Waals surface area contributed by atoms with Crippen LogP contribution in [-0.4, -0.2) is 141 Å². The molecule has 0 aromatic heterocycles. The van der Waals surface area contributed by atoms with Gasteiger partial charge in [-0.2, -0.15) is 0 Å². The maximum absolute atomic E-state index is 13.1. The number of carboxylic acid groups (broad SMARTS) is 4. The minimum atomic E-state index is -1.78. The molecule has 0 saturated heterocycles. The van der Waals surface area contributed by atoms with Crippen LogP contribution in [0.3, 0.4) is 0 Å². The van der Waals surface area contributed by atoms with E-state index in [0.29, 0.717) is 22.3 Å². The second-order valence-electron chi connectivity index (χ2n) is 16.6. The van der Waals surface area contributed by atoms with E-state index in [4.69, 9.17) is 10.2 Å². The number of carboxylic acids is 4. The first-order valence-corrected chi connectivity index (χ1v) is 22.6. The molecule has 0 bridgehead atoms. The zero-order chi connectivity index (χ0) is 54.5. The molecule has 0 unspecified atom stereocenters. The second kappa shape index (κ2) is 27.8. The van der Waals surface area contributed by atoms with E-state index in [0.717, 1.165) is 0 Å². The Morgan fingerprint density at radius 3 is 1.00 bits per heavy atom. The molecule has 0 heterocycles. The highest BCUT2D eigenvalue weighted by Crippen LogP contribution is 2.21. The first kappa shape index (κ1) is 57.1. The topological polar surface area (TPSA) is 382 Å². The molecule has 0 aliphatic rings. The van der Waals surface area contributed by atoms with E-state index in [1.165, 1.54) is 38.1 Å². The van der Waals surface area contributed by atoms with Crippen molar-refractivity contribution >= 4 is 71.1 Å². The quantitative estimate of drug-likeness (QED) is 0.0354. The average Bonchev–Trinajstić information content (AvgIpc) is 3.36. The minimum Gasteiger partial charge on any atom is -0.481 e. The lowest BCUT2D eigenvalue weighted by molar-refractivity contribution is -0.147. The molecule has 4 rings (SSSR count). The lowest BCUT2D eigenvalue weighted by Gasteiger charge is -2.23. The van der Waals surface area contributed by atoms with Crippen molar-refractivity contribution in [2.45, 2.75) is 75.8 Å². The smallest absolute Gasteiger partial charge is 0.326 e. The summed E-state index contributed by atoms with van der Waals surface area (Å²) in [5, 5.41) is 55.7. The summed E-state index contributed by atoms with van der Waals surface area (Å²) < 4.78 is 0. The summed E-state index contributed by atoms with van der Waals surface area (Å²) in [6.07, 6.45) is -2.02. The summed E-state index contributed by atoms with van der Waals surface area (Å²) >= 11 is 0. The third kappa shape index (κ3) is 18.7. The number of nitrogens with one attached hydrogen (secondary N) is 8. The maximum atomic E-state index is 13.1. The first-order valence-electron chi connectivity index (χ1n) is 22.6. The molecule has 0 aliphatic carbocycles. The first-order chi connectivity index (χ1) is 35.1. The number of amides is 8. The zero-order valence-electron chi connectivity index (χ0n) is 39.8. The number of rotatable bonds is 27. The molecule has 0 spiro atoms. The van der Waals surface area contributed by atoms with Gasteiger partial charge in [0.1, 0.15) is 36.3 Å². The van der Waals surface area contributed by atoms with E-state index in [2.05, 4.69) is 42.5 Å². The van der Waals surface area contributed by atoms with Crippen LogP contribution in [0.2, 0.25) is 0 Å². The van der Waals surface area contributed by atoms with Gasteiger partial charge >= 0.3 is 23.9 Å². The van der Waals surface area contributed by atoms with Gasteiger partial charge in [-0.25, -0.2) is 9.59 Å². The van der Waals surface area contributed by atoms with E-state index < -0.39 is 133 Å². The summed E-state index contributed by atoms with van der Waals surface area (Å²) in [6.45, 7) is 1.53. The van der Waals surface area contributed by atoms with Crippen molar-refractivity contribution < 1.29 is 78.0 Å². The lowest BCUT2D eigenvalue weighted by atomic mass is 10.0. The molecule has 24 heteroatoms. The van der Waals surface area contributed by atoms with Crippen LogP contribution in [0.25, 0.3) is 11.1 Å². The average molecular weight is 1020 g/mol. The van der Waals surface area contributed by atoms with Gasteiger partial charge in [0.2, 0.25) is 35.4 Å². The number of benzene rings is 4. The molecule has 8 amide bonds. The van der Waals surface area contributed by atoms with E-state index >= 15 is 0 Å². The molecular formula is C50H54N8O16. The van der Waals surface area contributed by atoms with Gasteiger partial charge in [0.05, 0.1) is 25.9 Å². The Kier molecular flexibility index (Phi) is 21.4. The van der Waals surface area contributed by atoms with Gasteiger partial charge in [0.15, 0.2) is 0 Å². The van der Waals surface area contributed by atoms with Gasteiger partial charge in [-0.05, 0) is 60.4 Å². The highest BCUT2D eigenvalue weighted by molar-refractivity contribution is 6.00. The molecule has 0 saturated carbocycles. The van der Waals surface area contributed by atoms with Crippen molar-refractivity contribution in [1.82, 2.24) is 42.5 Å². The summed E-state index contributed by atoms with van der Waals surface area (Å²) in [5.41, 5.74) is 2.80. The van der Waals surface area contributed by atoms with Crippen LogP contribution in [0.5, 0.6) is 0 Å². The fourth-order valence-electron chi connectivity index (χ4n) is 6.88.